The van der Waals surface area contributed by atoms with E-state index in [0.29, 0.717) is 18.5 Å². The standard InChI is InChI=1S/C17H19F3N2O2/c18-17(19,20)13-8-11(9-13)10-21-16(24)12-3-5-14(6-4-12)22-7-1-2-15(22)23/h3-6,11,13H,1-2,7-10H2,(H,21,24). The first-order chi connectivity index (χ1) is 11.3. The Morgan fingerprint density at radius 3 is 2.42 bits per heavy atom. The molecule has 0 unspecified atom stereocenters. The smallest absolute Gasteiger partial charge is 0.352 e. The minimum Gasteiger partial charge on any atom is -0.352 e. The molecule has 24 heavy (non-hydrogen) atoms. The summed E-state index contributed by atoms with van der Waals surface area (Å²) in [6.07, 6.45) is -2.58. The van der Waals surface area contributed by atoms with Gasteiger partial charge in [-0.25, -0.2) is 0 Å². The van der Waals surface area contributed by atoms with Crippen LogP contribution in [0.2, 0.25) is 0 Å². The van der Waals surface area contributed by atoms with Crippen LogP contribution in [0.1, 0.15) is 36.0 Å². The quantitative estimate of drug-likeness (QED) is 0.915. The molecule has 1 aromatic carbocycles. The summed E-state index contributed by atoms with van der Waals surface area (Å²) in [6, 6.07) is 6.72. The Balaban J connectivity index is 1.48. The Kier molecular flexibility index (Phi) is 4.51. The average molecular weight is 340 g/mol. The summed E-state index contributed by atoms with van der Waals surface area (Å²) in [5, 5.41) is 2.68. The number of amides is 2. The number of halogens is 3. The van der Waals surface area contributed by atoms with Gasteiger partial charge in [-0.1, -0.05) is 0 Å². The molecular formula is C17H19F3N2O2. The van der Waals surface area contributed by atoms with Gasteiger partial charge in [-0.3, -0.25) is 9.59 Å². The van der Waals surface area contributed by atoms with Crippen LogP contribution in [0, 0.1) is 11.8 Å². The number of carbonyl (C=O) groups excluding carboxylic acids is 2. The fourth-order valence-electron chi connectivity index (χ4n) is 3.22. The SMILES string of the molecule is O=C(NCC1CC(C(F)(F)F)C1)c1ccc(N2CCCC2=O)cc1. The molecule has 1 saturated carbocycles. The lowest BCUT2D eigenvalue weighted by atomic mass is 9.74. The molecule has 1 aliphatic heterocycles. The van der Waals surface area contributed by atoms with Gasteiger partial charge in [0.15, 0.2) is 0 Å². The van der Waals surface area contributed by atoms with E-state index in [1.54, 1.807) is 29.2 Å². The second kappa shape index (κ2) is 6.45. The number of anilines is 1. The van der Waals surface area contributed by atoms with Gasteiger partial charge in [-0.05, 0) is 49.4 Å². The molecular weight excluding hydrogens is 321 g/mol. The third-order valence-electron chi connectivity index (χ3n) is 4.76. The third kappa shape index (κ3) is 3.55. The van der Waals surface area contributed by atoms with Crippen LogP contribution >= 0.6 is 0 Å². The lowest BCUT2D eigenvalue weighted by molar-refractivity contribution is -0.203. The van der Waals surface area contributed by atoms with Crippen molar-refractivity contribution in [1.29, 1.82) is 0 Å². The Bertz CT molecular complexity index is 622. The number of carbonyl (C=O) groups is 2. The highest BCUT2D eigenvalue weighted by molar-refractivity contribution is 5.97. The average Bonchev–Trinajstić information content (AvgIpc) is 2.90. The van der Waals surface area contributed by atoms with Crippen molar-refractivity contribution in [2.45, 2.75) is 31.9 Å². The molecule has 1 aromatic rings. The van der Waals surface area contributed by atoms with Crippen LogP contribution in [0.4, 0.5) is 18.9 Å². The topological polar surface area (TPSA) is 49.4 Å². The van der Waals surface area contributed by atoms with E-state index >= 15 is 0 Å². The van der Waals surface area contributed by atoms with Crippen molar-refractivity contribution in [3.63, 3.8) is 0 Å². The predicted octanol–water partition coefficient (Wildman–Crippen LogP) is 3.13. The zero-order valence-electron chi connectivity index (χ0n) is 13.1. The van der Waals surface area contributed by atoms with E-state index < -0.39 is 12.1 Å². The zero-order chi connectivity index (χ0) is 17.3. The molecule has 1 N–H and O–H groups in total. The maximum Gasteiger partial charge on any atom is 0.391 e. The summed E-state index contributed by atoms with van der Waals surface area (Å²) < 4.78 is 37.2. The Morgan fingerprint density at radius 1 is 1.21 bits per heavy atom. The van der Waals surface area contributed by atoms with Crippen LogP contribution in [-0.4, -0.2) is 31.1 Å². The number of hydrogen-bond acceptors (Lipinski definition) is 2. The van der Waals surface area contributed by atoms with E-state index in [-0.39, 0.29) is 37.1 Å². The van der Waals surface area contributed by atoms with Crippen molar-refractivity contribution in [3.05, 3.63) is 29.8 Å². The molecule has 2 amide bonds. The van der Waals surface area contributed by atoms with Gasteiger partial charge >= 0.3 is 6.18 Å². The molecule has 7 heteroatoms. The number of nitrogens with one attached hydrogen (secondary N) is 1. The summed E-state index contributed by atoms with van der Waals surface area (Å²) in [5.41, 5.74) is 1.21. The van der Waals surface area contributed by atoms with Gasteiger partial charge in [0.1, 0.15) is 0 Å². The molecule has 3 rings (SSSR count). The van der Waals surface area contributed by atoms with E-state index in [0.717, 1.165) is 12.1 Å². The molecule has 1 heterocycles. The number of rotatable bonds is 4. The number of hydrogen-bond donors (Lipinski definition) is 1. The van der Waals surface area contributed by atoms with Gasteiger partial charge in [-0.15, -0.1) is 0 Å². The molecule has 1 saturated heterocycles. The first-order valence-corrected chi connectivity index (χ1v) is 8.10. The minimum atomic E-state index is -4.12. The van der Waals surface area contributed by atoms with Gasteiger partial charge in [0.25, 0.3) is 5.91 Å². The Morgan fingerprint density at radius 2 is 1.88 bits per heavy atom. The number of alkyl halides is 3. The molecule has 4 nitrogen and oxygen atoms in total. The fraction of sp³-hybridized carbons (Fsp3) is 0.529. The number of nitrogens with zero attached hydrogens (tertiary/aromatic N) is 1. The van der Waals surface area contributed by atoms with E-state index in [9.17, 15) is 22.8 Å². The summed E-state index contributed by atoms with van der Waals surface area (Å²) in [7, 11) is 0. The van der Waals surface area contributed by atoms with Crippen molar-refractivity contribution >= 4 is 17.5 Å². The maximum atomic E-state index is 12.4. The van der Waals surface area contributed by atoms with Crippen LogP contribution in [0.15, 0.2) is 24.3 Å². The molecule has 0 radical (unpaired) electrons. The van der Waals surface area contributed by atoms with Crippen molar-refractivity contribution in [2.24, 2.45) is 11.8 Å². The van der Waals surface area contributed by atoms with E-state index in [1.165, 1.54) is 0 Å². The molecule has 2 aliphatic rings. The fourth-order valence-corrected chi connectivity index (χ4v) is 3.22. The highest BCUT2D eigenvalue weighted by Crippen LogP contribution is 2.44. The van der Waals surface area contributed by atoms with Gasteiger partial charge in [0.2, 0.25) is 5.91 Å². The molecule has 0 aromatic heterocycles. The zero-order valence-corrected chi connectivity index (χ0v) is 13.1. The normalized spacial score (nSPS) is 24.0. The second-order valence-corrected chi connectivity index (χ2v) is 6.48. The van der Waals surface area contributed by atoms with E-state index in [4.69, 9.17) is 0 Å². The van der Waals surface area contributed by atoms with E-state index in [1.807, 2.05) is 0 Å². The monoisotopic (exact) mass is 340 g/mol. The lowest BCUT2D eigenvalue weighted by Crippen LogP contribution is -2.41. The molecule has 2 fully saturated rings. The van der Waals surface area contributed by atoms with Gasteiger partial charge < -0.3 is 10.2 Å². The molecule has 130 valence electrons. The second-order valence-electron chi connectivity index (χ2n) is 6.48. The van der Waals surface area contributed by atoms with Crippen molar-refractivity contribution in [3.8, 4) is 0 Å². The van der Waals surface area contributed by atoms with Crippen molar-refractivity contribution in [2.75, 3.05) is 18.0 Å². The molecule has 0 spiro atoms. The van der Waals surface area contributed by atoms with E-state index in [2.05, 4.69) is 5.32 Å². The third-order valence-corrected chi connectivity index (χ3v) is 4.76. The van der Waals surface area contributed by atoms with Crippen LogP contribution < -0.4 is 10.2 Å². The van der Waals surface area contributed by atoms with Crippen LogP contribution in [0.25, 0.3) is 0 Å². The van der Waals surface area contributed by atoms with Crippen molar-refractivity contribution in [1.82, 2.24) is 5.32 Å². The van der Waals surface area contributed by atoms with Crippen LogP contribution in [0.5, 0.6) is 0 Å². The lowest BCUT2D eigenvalue weighted by Gasteiger charge is -2.36. The van der Waals surface area contributed by atoms with Gasteiger partial charge in [0.05, 0.1) is 5.92 Å². The molecule has 0 bridgehead atoms. The summed E-state index contributed by atoms with van der Waals surface area (Å²) in [4.78, 5) is 25.4. The summed E-state index contributed by atoms with van der Waals surface area (Å²) in [5.74, 6) is -1.56. The van der Waals surface area contributed by atoms with Gasteiger partial charge in [-0.2, -0.15) is 13.2 Å². The highest BCUT2D eigenvalue weighted by Gasteiger charge is 2.47. The largest absolute Gasteiger partial charge is 0.391 e. The summed E-state index contributed by atoms with van der Waals surface area (Å²) in [6.45, 7) is 0.949. The number of benzene rings is 1. The summed E-state index contributed by atoms with van der Waals surface area (Å²) >= 11 is 0. The minimum absolute atomic E-state index is 0.0800. The maximum absolute atomic E-state index is 12.4. The van der Waals surface area contributed by atoms with Crippen LogP contribution in [-0.2, 0) is 4.79 Å². The molecule has 0 atom stereocenters. The Hall–Kier alpha value is -2.05. The molecule has 1 aliphatic carbocycles. The van der Waals surface area contributed by atoms with Crippen molar-refractivity contribution < 1.29 is 22.8 Å². The first-order valence-electron chi connectivity index (χ1n) is 8.10. The highest BCUT2D eigenvalue weighted by atomic mass is 19.4. The predicted molar refractivity (Wildman–Crippen MR) is 82.6 cm³/mol. The first kappa shape index (κ1) is 16.8. The van der Waals surface area contributed by atoms with Gasteiger partial charge in [0, 0.05) is 30.8 Å². The van der Waals surface area contributed by atoms with Crippen LogP contribution in [0.3, 0.4) is 0 Å². The Labute approximate surface area is 138 Å².